The van der Waals surface area contributed by atoms with Crippen molar-refractivity contribution in [2.75, 3.05) is 51.8 Å². The number of nitrogens with zero attached hydrogens (tertiary/aromatic N) is 4. The van der Waals surface area contributed by atoms with Crippen LogP contribution >= 0.6 is 0 Å². The fourth-order valence-corrected chi connectivity index (χ4v) is 2.74. The number of anilines is 1. The summed E-state index contributed by atoms with van der Waals surface area (Å²) in [5.74, 6) is 1.93. The van der Waals surface area contributed by atoms with Gasteiger partial charge >= 0.3 is 0 Å². The summed E-state index contributed by atoms with van der Waals surface area (Å²) >= 11 is 0. The molecule has 0 atom stereocenters. The zero-order chi connectivity index (χ0) is 19.8. The Kier molecular flexibility index (Phi) is 6.61. The third kappa shape index (κ3) is 5.09. The van der Waals surface area contributed by atoms with Gasteiger partial charge in [-0.25, -0.2) is 9.97 Å². The monoisotopic (exact) mass is 385 g/mol. The largest absolute Gasteiger partial charge is 0.497 e. The summed E-state index contributed by atoms with van der Waals surface area (Å²) in [5, 5.41) is 3.10. The molecule has 0 saturated carbocycles. The van der Waals surface area contributed by atoms with Crippen molar-refractivity contribution < 1.29 is 19.1 Å². The fourth-order valence-electron chi connectivity index (χ4n) is 2.74. The normalized spacial score (nSPS) is 13.8. The number of piperazine rings is 1. The summed E-state index contributed by atoms with van der Waals surface area (Å²) in [6.07, 6.45) is 3.80. The van der Waals surface area contributed by atoms with Crippen LogP contribution in [0.3, 0.4) is 0 Å². The number of carbonyl (C=O) groups excluding carboxylic acids is 2. The van der Waals surface area contributed by atoms with Crippen molar-refractivity contribution in [1.29, 1.82) is 0 Å². The smallest absolute Gasteiger partial charge is 0.274 e. The number of benzene rings is 1. The van der Waals surface area contributed by atoms with Crippen LogP contribution in [0.5, 0.6) is 11.5 Å². The van der Waals surface area contributed by atoms with E-state index in [0.717, 1.165) is 17.9 Å². The van der Waals surface area contributed by atoms with E-state index in [1.165, 1.54) is 12.4 Å². The van der Waals surface area contributed by atoms with Gasteiger partial charge in [-0.15, -0.1) is 0 Å². The highest BCUT2D eigenvalue weighted by Crippen LogP contribution is 2.16. The molecule has 3 rings (SSSR count). The van der Waals surface area contributed by atoms with E-state index in [9.17, 15) is 9.59 Å². The third-order valence-corrected chi connectivity index (χ3v) is 4.36. The SMILES string of the molecule is COc1ccc(OCCNc2cnc(C(=O)N3CCN(C=O)CC3)cn2)cc1. The van der Waals surface area contributed by atoms with E-state index in [0.29, 0.717) is 50.8 Å². The number of hydrogen-bond donors (Lipinski definition) is 1. The molecule has 1 aliphatic rings. The number of hydrogen-bond acceptors (Lipinski definition) is 7. The lowest BCUT2D eigenvalue weighted by Crippen LogP contribution is -2.48. The molecule has 1 aromatic heterocycles. The second-order valence-electron chi connectivity index (χ2n) is 6.17. The van der Waals surface area contributed by atoms with Gasteiger partial charge in [-0.3, -0.25) is 9.59 Å². The first-order valence-electron chi connectivity index (χ1n) is 9.01. The molecule has 1 aliphatic heterocycles. The average molecular weight is 385 g/mol. The summed E-state index contributed by atoms with van der Waals surface area (Å²) in [5.41, 5.74) is 0.291. The Labute approximate surface area is 163 Å². The lowest BCUT2D eigenvalue weighted by atomic mass is 10.3. The summed E-state index contributed by atoms with van der Waals surface area (Å²) in [6, 6.07) is 7.35. The maximum Gasteiger partial charge on any atom is 0.274 e. The zero-order valence-corrected chi connectivity index (χ0v) is 15.7. The number of amides is 2. The number of ether oxygens (including phenoxy) is 2. The van der Waals surface area contributed by atoms with Gasteiger partial charge in [0.2, 0.25) is 6.41 Å². The Morgan fingerprint density at radius 2 is 1.82 bits per heavy atom. The van der Waals surface area contributed by atoms with E-state index in [4.69, 9.17) is 9.47 Å². The van der Waals surface area contributed by atoms with Gasteiger partial charge in [-0.05, 0) is 24.3 Å². The lowest BCUT2D eigenvalue weighted by Gasteiger charge is -2.32. The molecule has 148 valence electrons. The molecule has 2 aromatic rings. The predicted octanol–water partition coefficient (Wildman–Crippen LogP) is 0.890. The van der Waals surface area contributed by atoms with E-state index in [2.05, 4.69) is 15.3 Å². The van der Waals surface area contributed by atoms with Crippen LogP contribution in [0.15, 0.2) is 36.7 Å². The van der Waals surface area contributed by atoms with Crippen molar-refractivity contribution in [2.24, 2.45) is 0 Å². The molecule has 1 saturated heterocycles. The van der Waals surface area contributed by atoms with Crippen molar-refractivity contribution in [2.45, 2.75) is 0 Å². The summed E-state index contributed by atoms with van der Waals surface area (Å²) < 4.78 is 10.7. The van der Waals surface area contributed by atoms with Gasteiger partial charge in [0.25, 0.3) is 5.91 Å². The molecule has 2 amide bonds. The van der Waals surface area contributed by atoms with Crippen LogP contribution in [-0.2, 0) is 4.79 Å². The Morgan fingerprint density at radius 3 is 2.43 bits per heavy atom. The molecular formula is C19H23N5O4. The van der Waals surface area contributed by atoms with E-state index < -0.39 is 0 Å². The van der Waals surface area contributed by atoms with Crippen LogP contribution in [0.25, 0.3) is 0 Å². The molecule has 0 aliphatic carbocycles. The number of rotatable bonds is 8. The molecule has 0 radical (unpaired) electrons. The minimum Gasteiger partial charge on any atom is -0.497 e. The second-order valence-corrected chi connectivity index (χ2v) is 6.17. The molecule has 0 spiro atoms. The van der Waals surface area contributed by atoms with E-state index in [1.807, 2.05) is 24.3 Å². The molecule has 1 N–H and O–H groups in total. The number of aromatic nitrogens is 2. The summed E-state index contributed by atoms with van der Waals surface area (Å²) in [6.45, 7) is 3.08. The minimum absolute atomic E-state index is 0.174. The van der Waals surface area contributed by atoms with Crippen LogP contribution in [0.1, 0.15) is 10.5 Å². The Balaban J connectivity index is 1.42. The molecule has 9 heteroatoms. The van der Waals surface area contributed by atoms with Crippen molar-refractivity contribution in [3.63, 3.8) is 0 Å². The highest BCUT2D eigenvalue weighted by atomic mass is 16.5. The molecule has 9 nitrogen and oxygen atoms in total. The minimum atomic E-state index is -0.174. The van der Waals surface area contributed by atoms with E-state index in [1.54, 1.807) is 16.9 Å². The standard InChI is InChI=1S/C19H23N5O4/c1-27-15-2-4-16(5-3-15)28-11-6-20-18-13-21-17(12-22-18)19(26)24-9-7-23(14-25)8-10-24/h2-5,12-14H,6-11H2,1H3,(H,20,22). The van der Waals surface area contributed by atoms with E-state index >= 15 is 0 Å². The Hall–Kier alpha value is -3.36. The number of carbonyl (C=O) groups is 2. The highest BCUT2D eigenvalue weighted by molar-refractivity contribution is 5.92. The van der Waals surface area contributed by atoms with Gasteiger partial charge in [0, 0.05) is 26.2 Å². The van der Waals surface area contributed by atoms with Crippen molar-refractivity contribution in [1.82, 2.24) is 19.8 Å². The van der Waals surface area contributed by atoms with Gasteiger partial charge < -0.3 is 24.6 Å². The van der Waals surface area contributed by atoms with Crippen LogP contribution in [0, 0.1) is 0 Å². The van der Waals surface area contributed by atoms with Crippen LogP contribution in [0.2, 0.25) is 0 Å². The van der Waals surface area contributed by atoms with Crippen LogP contribution < -0.4 is 14.8 Å². The fraction of sp³-hybridized carbons (Fsp3) is 0.368. The van der Waals surface area contributed by atoms with Crippen molar-refractivity contribution in [3.05, 3.63) is 42.4 Å². The topological polar surface area (TPSA) is 96.9 Å². The third-order valence-electron chi connectivity index (χ3n) is 4.36. The molecule has 0 unspecified atom stereocenters. The van der Waals surface area contributed by atoms with Crippen molar-refractivity contribution >= 4 is 18.1 Å². The van der Waals surface area contributed by atoms with Gasteiger partial charge in [0.15, 0.2) is 0 Å². The summed E-state index contributed by atoms with van der Waals surface area (Å²) in [7, 11) is 1.62. The first kappa shape index (κ1) is 19.4. The highest BCUT2D eigenvalue weighted by Gasteiger charge is 2.22. The molecule has 2 heterocycles. The van der Waals surface area contributed by atoms with Gasteiger partial charge in [-0.1, -0.05) is 0 Å². The molecular weight excluding hydrogens is 362 g/mol. The molecule has 28 heavy (non-hydrogen) atoms. The van der Waals surface area contributed by atoms with Crippen LogP contribution in [0.4, 0.5) is 5.82 Å². The first-order chi connectivity index (χ1) is 13.7. The zero-order valence-electron chi connectivity index (χ0n) is 15.7. The predicted molar refractivity (Wildman–Crippen MR) is 103 cm³/mol. The maximum absolute atomic E-state index is 12.4. The van der Waals surface area contributed by atoms with Crippen molar-refractivity contribution in [3.8, 4) is 11.5 Å². The summed E-state index contributed by atoms with van der Waals surface area (Å²) in [4.78, 5) is 34.9. The Morgan fingerprint density at radius 1 is 1.11 bits per heavy atom. The molecule has 1 fully saturated rings. The first-order valence-corrected chi connectivity index (χ1v) is 9.01. The maximum atomic E-state index is 12.4. The molecule has 1 aromatic carbocycles. The Bertz CT molecular complexity index is 774. The lowest BCUT2D eigenvalue weighted by molar-refractivity contribution is -0.119. The number of nitrogens with one attached hydrogen (secondary N) is 1. The van der Waals surface area contributed by atoms with Gasteiger partial charge in [-0.2, -0.15) is 0 Å². The molecule has 0 bridgehead atoms. The average Bonchev–Trinajstić information content (AvgIpc) is 2.77. The van der Waals surface area contributed by atoms with Crippen LogP contribution in [-0.4, -0.2) is 78.5 Å². The van der Waals surface area contributed by atoms with Gasteiger partial charge in [0.1, 0.15) is 29.6 Å². The van der Waals surface area contributed by atoms with Gasteiger partial charge in [0.05, 0.1) is 26.0 Å². The quantitative estimate of drug-likeness (QED) is 0.532. The van der Waals surface area contributed by atoms with E-state index in [-0.39, 0.29) is 5.91 Å². The second kappa shape index (κ2) is 9.54. The number of methoxy groups -OCH3 is 1.